The lowest BCUT2D eigenvalue weighted by molar-refractivity contribution is -0.143. The van der Waals surface area contributed by atoms with E-state index in [4.69, 9.17) is 0 Å². The van der Waals surface area contributed by atoms with E-state index in [-0.39, 0.29) is 29.9 Å². The second-order valence-electron chi connectivity index (χ2n) is 8.17. The number of hydrogen-bond acceptors (Lipinski definition) is 5. The van der Waals surface area contributed by atoms with E-state index in [0.29, 0.717) is 22.1 Å². The second kappa shape index (κ2) is 7.89. The van der Waals surface area contributed by atoms with E-state index in [1.807, 2.05) is 0 Å². The van der Waals surface area contributed by atoms with Gasteiger partial charge in [0, 0.05) is 36.8 Å². The van der Waals surface area contributed by atoms with E-state index in [1.54, 1.807) is 16.8 Å². The molecule has 1 fully saturated rings. The van der Waals surface area contributed by atoms with E-state index in [0.717, 1.165) is 13.1 Å². The van der Waals surface area contributed by atoms with Gasteiger partial charge >= 0.3 is 6.18 Å². The number of aromatic nitrogens is 5. The van der Waals surface area contributed by atoms with Crippen LogP contribution in [0.2, 0.25) is 0 Å². The zero-order valence-corrected chi connectivity index (χ0v) is 18.1. The standard InChI is InChI=1S/C22H17F4N7O2/c1-32-16(22(24,25)26)9-17(31-32)30-20(35)21(4-5-21)19(34)29-12-2-3-13(14(23)8-12)15-10-28-18-11-27-6-7-33(15)18/h2-3,6-11H,4-5H2,1H3,(H,29,34)(H,30,31,35). The molecule has 1 aliphatic rings. The number of carbonyl (C=O) groups excluding carboxylic acids is 2. The summed E-state index contributed by atoms with van der Waals surface area (Å²) < 4.78 is 56.1. The molecule has 0 bridgehead atoms. The van der Waals surface area contributed by atoms with Crippen LogP contribution in [0.15, 0.2) is 49.1 Å². The van der Waals surface area contributed by atoms with Gasteiger partial charge in [-0.1, -0.05) is 0 Å². The van der Waals surface area contributed by atoms with E-state index >= 15 is 0 Å². The average Bonchev–Trinajstić information content (AvgIpc) is 3.38. The van der Waals surface area contributed by atoms with Gasteiger partial charge in [-0.2, -0.15) is 18.3 Å². The van der Waals surface area contributed by atoms with Gasteiger partial charge in [-0.3, -0.25) is 23.7 Å². The lowest BCUT2D eigenvalue weighted by Crippen LogP contribution is -2.35. The maximum Gasteiger partial charge on any atom is 0.433 e. The first-order valence-corrected chi connectivity index (χ1v) is 10.4. The molecule has 1 aliphatic carbocycles. The quantitative estimate of drug-likeness (QED) is 0.330. The fraction of sp³-hybridized carbons (Fsp3) is 0.227. The first kappa shape index (κ1) is 22.5. The Hall–Kier alpha value is -4.29. The van der Waals surface area contributed by atoms with Gasteiger partial charge in [0.1, 0.15) is 16.9 Å². The molecule has 4 aromatic rings. The number of fused-ring (bicyclic) bond motifs is 1. The van der Waals surface area contributed by atoms with Gasteiger partial charge in [-0.05, 0) is 31.0 Å². The lowest BCUT2D eigenvalue weighted by Gasteiger charge is -2.15. The highest BCUT2D eigenvalue weighted by Crippen LogP contribution is 2.47. The number of alkyl halides is 3. The molecule has 0 saturated heterocycles. The Morgan fingerprint density at radius 2 is 1.83 bits per heavy atom. The highest BCUT2D eigenvalue weighted by Gasteiger charge is 2.56. The smallest absolute Gasteiger partial charge is 0.325 e. The molecule has 9 nitrogen and oxygen atoms in total. The van der Waals surface area contributed by atoms with Crippen LogP contribution in [0.25, 0.3) is 16.9 Å². The summed E-state index contributed by atoms with van der Waals surface area (Å²) in [5, 5.41) is 8.45. The molecule has 3 aromatic heterocycles. The number of hydrogen-bond donors (Lipinski definition) is 2. The maximum atomic E-state index is 14.9. The van der Waals surface area contributed by atoms with Crippen molar-refractivity contribution in [2.75, 3.05) is 10.6 Å². The second-order valence-corrected chi connectivity index (χ2v) is 8.17. The van der Waals surface area contributed by atoms with Gasteiger partial charge < -0.3 is 10.6 Å². The molecule has 180 valence electrons. The molecule has 2 amide bonds. The van der Waals surface area contributed by atoms with E-state index in [2.05, 4.69) is 25.7 Å². The molecule has 13 heteroatoms. The summed E-state index contributed by atoms with van der Waals surface area (Å²) in [6.07, 6.45) is 1.96. The van der Waals surface area contributed by atoms with Crippen LogP contribution in [0.5, 0.6) is 0 Å². The summed E-state index contributed by atoms with van der Waals surface area (Å²) in [4.78, 5) is 33.7. The number of anilines is 2. The average molecular weight is 487 g/mol. The fourth-order valence-corrected chi connectivity index (χ4v) is 3.80. The molecular weight excluding hydrogens is 470 g/mol. The number of amides is 2. The Morgan fingerprint density at radius 1 is 1.09 bits per heavy atom. The normalized spacial score (nSPS) is 14.7. The molecule has 0 radical (unpaired) electrons. The molecular formula is C22H17F4N7O2. The largest absolute Gasteiger partial charge is 0.433 e. The topological polar surface area (TPSA) is 106 Å². The summed E-state index contributed by atoms with van der Waals surface area (Å²) in [7, 11) is 1.10. The highest BCUT2D eigenvalue weighted by molar-refractivity contribution is 6.16. The number of aryl methyl sites for hydroxylation is 1. The Balaban J connectivity index is 1.31. The van der Waals surface area contributed by atoms with Crippen LogP contribution >= 0.6 is 0 Å². The summed E-state index contributed by atoms with van der Waals surface area (Å²) in [5.74, 6) is -2.40. The summed E-state index contributed by atoms with van der Waals surface area (Å²) in [6.45, 7) is 0. The third kappa shape index (κ3) is 3.98. The molecule has 3 heterocycles. The molecule has 5 rings (SSSR count). The Bertz CT molecular complexity index is 1470. The molecule has 0 aliphatic heterocycles. The number of halogens is 4. The van der Waals surface area contributed by atoms with Gasteiger partial charge in [-0.15, -0.1) is 0 Å². The Labute approximate surface area is 194 Å². The molecule has 0 spiro atoms. The van der Waals surface area contributed by atoms with E-state index in [9.17, 15) is 27.2 Å². The van der Waals surface area contributed by atoms with Crippen molar-refractivity contribution in [2.24, 2.45) is 12.5 Å². The monoisotopic (exact) mass is 487 g/mol. The number of carbonyl (C=O) groups is 2. The minimum Gasteiger partial charge on any atom is -0.325 e. The fourth-order valence-electron chi connectivity index (χ4n) is 3.80. The van der Waals surface area contributed by atoms with Crippen molar-refractivity contribution in [3.8, 4) is 11.3 Å². The third-order valence-corrected chi connectivity index (χ3v) is 5.85. The van der Waals surface area contributed by atoms with Crippen LogP contribution in [0.1, 0.15) is 18.5 Å². The molecule has 0 unspecified atom stereocenters. The van der Waals surface area contributed by atoms with Crippen molar-refractivity contribution in [1.29, 1.82) is 0 Å². The molecule has 35 heavy (non-hydrogen) atoms. The number of nitrogens with one attached hydrogen (secondary N) is 2. The third-order valence-electron chi connectivity index (χ3n) is 5.85. The number of benzene rings is 1. The van der Waals surface area contributed by atoms with Crippen LogP contribution < -0.4 is 10.6 Å². The highest BCUT2D eigenvalue weighted by atomic mass is 19.4. The van der Waals surface area contributed by atoms with Crippen LogP contribution in [0.4, 0.5) is 29.1 Å². The molecule has 1 aromatic carbocycles. The van der Waals surface area contributed by atoms with Crippen molar-refractivity contribution in [1.82, 2.24) is 24.1 Å². The van der Waals surface area contributed by atoms with Crippen molar-refractivity contribution in [3.05, 3.63) is 60.6 Å². The zero-order chi connectivity index (χ0) is 25.0. The first-order valence-electron chi connectivity index (χ1n) is 10.4. The zero-order valence-electron chi connectivity index (χ0n) is 18.1. The minimum atomic E-state index is -4.64. The van der Waals surface area contributed by atoms with Crippen molar-refractivity contribution >= 4 is 29.0 Å². The molecule has 1 saturated carbocycles. The van der Waals surface area contributed by atoms with Gasteiger partial charge in [-0.25, -0.2) is 9.37 Å². The summed E-state index contributed by atoms with van der Waals surface area (Å²) in [6, 6.07) is 4.77. The number of rotatable bonds is 5. The van der Waals surface area contributed by atoms with E-state index in [1.165, 1.54) is 24.5 Å². The van der Waals surface area contributed by atoms with Crippen molar-refractivity contribution < 1.29 is 27.2 Å². The van der Waals surface area contributed by atoms with E-state index < -0.39 is 34.9 Å². The van der Waals surface area contributed by atoms with Crippen LogP contribution in [0, 0.1) is 11.2 Å². The lowest BCUT2D eigenvalue weighted by atomic mass is 10.0. The van der Waals surface area contributed by atoms with Crippen molar-refractivity contribution in [3.63, 3.8) is 0 Å². The number of nitrogens with zero attached hydrogens (tertiary/aromatic N) is 5. The van der Waals surface area contributed by atoms with Gasteiger partial charge in [0.05, 0.1) is 18.1 Å². The molecule has 2 N–H and O–H groups in total. The summed E-state index contributed by atoms with van der Waals surface area (Å²) in [5.41, 5.74) is -1.11. The minimum absolute atomic E-state index is 0.128. The SMILES string of the molecule is Cn1nc(NC(=O)C2(C(=O)Nc3ccc(-c4cnc5cnccn45)c(F)c3)CC2)cc1C(F)(F)F. The Kier molecular flexibility index (Phi) is 5.07. The van der Waals surface area contributed by atoms with Gasteiger partial charge in [0.2, 0.25) is 11.8 Å². The number of imidazole rings is 1. The van der Waals surface area contributed by atoms with Crippen LogP contribution in [-0.4, -0.2) is 36.0 Å². The molecule has 0 atom stereocenters. The van der Waals surface area contributed by atoms with Gasteiger partial charge in [0.25, 0.3) is 0 Å². The van der Waals surface area contributed by atoms with Gasteiger partial charge in [0.15, 0.2) is 11.5 Å². The predicted molar refractivity (Wildman–Crippen MR) is 116 cm³/mol. The van der Waals surface area contributed by atoms with Crippen molar-refractivity contribution in [2.45, 2.75) is 19.0 Å². The van der Waals surface area contributed by atoms with Crippen LogP contribution in [-0.2, 0) is 22.8 Å². The summed E-state index contributed by atoms with van der Waals surface area (Å²) >= 11 is 0. The first-order chi connectivity index (χ1) is 16.6. The predicted octanol–water partition coefficient (Wildman–Crippen LogP) is 3.65. The van der Waals surface area contributed by atoms with Crippen LogP contribution in [0.3, 0.4) is 0 Å². The Morgan fingerprint density at radius 3 is 2.49 bits per heavy atom. The maximum absolute atomic E-state index is 14.9.